The Hall–Kier alpha value is -2.40. The molecular weight excluding hydrogens is 372 g/mol. The van der Waals surface area contributed by atoms with Gasteiger partial charge in [-0.15, -0.1) is 0 Å². The summed E-state index contributed by atoms with van der Waals surface area (Å²) in [7, 11) is 0. The van der Waals surface area contributed by atoms with E-state index in [0.29, 0.717) is 19.3 Å². The highest BCUT2D eigenvalue weighted by molar-refractivity contribution is 5.26. The van der Waals surface area contributed by atoms with E-state index >= 15 is 0 Å². The average Bonchev–Trinajstić information content (AvgIpc) is 3.51. The van der Waals surface area contributed by atoms with Gasteiger partial charge in [0.2, 0.25) is 0 Å². The highest BCUT2D eigenvalue weighted by Crippen LogP contribution is 2.17. The van der Waals surface area contributed by atoms with Crippen LogP contribution < -0.4 is 4.90 Å². The van der Waals surface area contributed by atoms with Gasteiger partial charge < -0.3 is 19.3 Å². The molecule has 2 aromatic carbocycles. The van der Waals surface area contributed by atoms with E-state index in [1.807, 2.05) is 18.2 Å². The van der Waals surface area contributed by atoms with Crippen molar-refractivity contribution in [1.29, 1.82) is 0 Å². The minimum absolute atomic E-state index is 0.384. The van der Waals surface area contributed by atoms with Crippen molar-refractivity contribution in [3.8, 4) is 0 Å². The molecular formula is C26H33N2O2+. The van der Waals surface area contributed by atoms with Gasteiger partial charge in [0.15, 0.2) is 0 Å². The summed E-state index contributed by atoms with van der Waals surface area (Å²) in [5.41, 5.74) is 5.16. The molecule has 158 valence electrons. The van der Waals surface area contributed by atoms with Gasteiger partial charge in [-0.1, -0.05) is 54.6 Å². The first-order chi connectivity index (χ1) is 14.7. The van der Waals surface area contributed by atoms with Gasteiger partial charge in [0.1, 0.15) is 19.2 Å². The van der Waals surface area contributed by atoms with Gasteiger partial charge in [0.25, 0.3) is 0 Å². The van der Waals surface area contributed by atoms with Crippen LogP contribution in [0.1, 0.15) is 35.2 Å². The molecule has 4 rings (SSSR count). The highest BCUT2D eigenvalue weighted by Gasteiger charge is 2.35. The van der Waals surface area contributed by atoms with Gasteiger partial charge in [-0.05, 0) is 35.7 Å². The molecule has 4 heteroatoms. The van der Waals surface area contributed by atoms with Crippen molar-refractivity contribution in [2.24, 2.45) is 0 Å². The molecule has 0 bridgehead atoms. The molecule has 1 fully saturated rings. The summed E-state index contributed by atoms with van der Waals surface area (Å²) in [5, 5.41) is 10.6. The van der Waals surface area contributed by atoms with Crippen molar-refractivity contribution in [3.05, 3.63) is 95.3 Å². The molecule has 2 N–H and O–H groups in total. The summed E-state index contributed by atoms with van der Waals surface area (Å²) < 4.78 is 8.12. The zero-order chi connectivity index (χ0) is 20.8. The van der Waals surface area contributed by atoms with Crippen LogP contribution >= 0.6 is 0 Å². The van der Waals surface area contributed by atoms with Gasteiger partial charge in [-0.2, -0.15) is 0 Å². The summed E-state index contributed by atoms with van der Waals surface area (Å²) >= 11 is 0. The van der Waals surface area contributed by atoms with Crippen LogP contribution in [-0.4, -0.2) is 35.0 Å². The van der Waals surface area contributed by atoms with Crippen molar-refractivity contribution in [2.45, 2.75) is 51.6 Å². The number of benzene rings is 2. The Bertz CT molecular complexity index is 918. The van der Waals surface area contributed by atoms with E-state index in [1.54, 1.807) is 0 Å². The van der Waals surface area contributed by atoms with E-state index in [1.165, 1.54) is 34.6 Å². The number of aromatic nitrogens is 1. The molecule has 0 saturated heterocycles. The SMILES string of the molecule is Cc1ccccc1Cn1cccc1C[NH+](C[C@@H](O)COCc1ccccc1)C1CC1. The van der Waals surface area contributed by atoms with Crippen molar-refractivity contribution in [2.75, 3.05) is 13.2 Å². The number of quaternary nitrogens is 1. The summed E-state index contributed by atoms with van der Waals surface area (Å²) in [6, 6.07) is 23.7. The number of aryl methyl sites for hydroxylation is 1. The van der Waals surface area contributed by atoms with E-state index in [4.69, 9.17) is 4.74 Å². The zero-order valence-corrected chi connectivity index (χ0v) is 17.8. The number of ether oxygens (including phenoxy) is 1. The molecule has 30 heavy (non-hydrogen) atoms. The maximum atomic E-state index is 10.6. The first kappa shape index (κ1) is 20.9. The topological polar surface area (TPSA) is 38.8 Å². The Morgan fingerprint density at radius 1 is 1.03 bits per heavy atom. The molecule has 1 aromatic heterocycles. The molecule has 1 unspecified atom stereocenters. The number of hydrogen-bond acceptors (Lipinski definition) is 2. The minimum Gasteiger partial charge on any atom is -0.385 e. The third-order valence-corrected chi connectivity index (χ3v) is 6.01. The van der Waals surface area contributed by atoms with Gasteiger partial charge >= 0.3 is 0 Å². The van der Waals surface area contributed by atoms with Crippen molar-refractivity contribution >= 4 is 0 Å². The van der Waals surface area contributed by atoms with Crippen LogP contribution in [0.15, 0.2) is 72.9 Å². The predicted molar refractivity (Wildman–Crippen MR) is 119 cm³/mol. The van der Waals surface area contributed by atoms with Gasteiger partial charge in [-0.3, -0.25) is 0 Å². The fourth-order valence-electron chi connectivity index (χ4n) is 4.09. The second-order valence-electron chi connectivity index (χ2n) is 8.52. The first-order valence-corrected chi connectivity index (χ1v) is 11.0. The lowest BCUT2D eigenvalue weighted by molar-refractivity contribution is -0.928. The molecule has 1 aliphatic carbocycles. The molecule has 0 aliphatic heterocycles. The summed E-state index contributed by atoms with van der Waals surface area (Å²) in [4.78, 5) is 1.47. The van der Waals surface area contributed by atoms with Crippen LogP contribution in [0.25, 0.3) is 0 Å². The summed E-state index contributed by atoms with van der Waals surface area (Å²) in [6.45, 7) is 5.68. The fraction of sp³-hybridized carbons (Fsp3) is 0.385. The lowest BCUT2D eigenvalue weighted by Gasteiger charge is -2.23. The lowest BCUT2D eigenvalue weighted by Crippen LogP contribution is -3.13. The van der Waals surface area contributed by atoms with Crippen LogP contribution in [0.3, 0.4) is 0 Å². The average molecular weight is 406 g/mol. The van der Waals surface area contributed by atoms with E-state index in [2.05, 4.69) is 66.2 Å². The van der Waals surface area contributed by atoms with Crippen molar-refractivity contribution in [3.63, 3.8) is 0 Å². The third-order valence-electron chi connectivity index (χ3n) is 6.01. The smallest absolute Gasteiger partial charge is 0.126 e. The highest BCUT2D eigenvalue weighted by atomic mass is 16.5. The van der Waals surface area contributed by atoms with Crippen molar-refractivity contribution in [1.82, 2.24) is 4.57 Å². The van der Waals surface area contributed by atoms with Crippen LogP contribution in [0, 0.1) is 6.92 Å². The predicted octanol–water partition coefficient (Wildman–Crippen LogP) is 2.97. The Labute approximate surface area is 179 Å². The fourth-order valence-corrected chi connectivity index (χ4v) is 4.09. The number of rotatable bonds is 11. The van der Waals surface area contributed by atoms with E-state index in [9.17, 15) is 5.11 Å². The van der Waals surface area contributed by atoms with E-state index < -0.39 is 6.10 Å². The largest absolute Gasteiger partial charge is 0.385 e. The number of aliphatic hydroxyl groups excluding tert-OH is 1. The minimum atomic E-state index is -0.441. The molecule has 1 aliphatic rings. The Balaban J connectivity index is 1.32. The Morgan fingerprint density at radius 2 is 1.80 bits per heavy atom. The first-order valence-electron chi connectivity index (χ1n) is 11.0. The maximum Gasteiger partial charge on any atom is 0.126 e. The molecule has 1 heterocycles. The number of hydrogen-bond donors (Lipinski definition) is 2. The van der Waals surface area contributed by atoms with Crippen LogP contribution in [0.2, 0.25) is 0 Å². The number of aliphatic hydroxyl groups is 1. The quantitative estimate of drug-likeness (QED) is 0.515. The second-order valence-corrected chi connectivity index (χ2v) is 8.52. The zero-order valence-electron chi connectivity index (χ0n) is 17.8. The van der Waals surface area contributed by atoms with Crippen LogP contribution in [0.4, 0.5) is 0 Å². The summed E-state index contributed by atoms with van der Waals surface area (Å²) in [5.74, 6) is 0. The number of nitrogens with zero attached hydrogens (tertiary/aromatic N) is 1. The van der Waals surface area contributed by atoms with Gasteiger partial charge in [0.05, 0.1) is 24.9 Å². The van der Waals surface area contributed by atoms with Crippen molar-refractivity contribution < 1.29 is 14.7 Å². The molecule has 0 radical (unpaired) electrons. The Kier molecular flexibility index (Phi) is 7.00. The van der Waals surface area contributed by atoms with Crippen LogP contribution in [0.5, 0.6) is 0 Å². The van der Waals surface area contributed by atoms with E-state index in [-0.39, 0.29) is 0 Å². The number of nitrogens with one attached hydrogen (secondary N) is 1. The third kappa shape index (κ3) is 5.82. The normalized spacial score (nSPS) is 15.8. The molecule has 4 nitrogen and oxygen atoms in total. The Morgan fingerprint density at radius 3 is 2.57 bits per heavy atom. The molecule has 0 spiro atoms. The molecule has 0 amide bonds. The lowest BCUT2D eigenvalue weighted by atomic mass is 10.1. The standard InChI is InChI=1S/C26H32N2O2/c1-21-8-5-6-11-23(21)16-27-15-7-12-25(27)17-28(24-13-14-24)18-26(29)20-30-19-22-9-3-2-4-10-22/h2-12,15,24,26,29H,13-14,16-20H2,1H3/p+1/t26-/m1/s1. The van der Waals surface area contributed by atoms with Gasteiger partial charge in [0, 0.05) is 25.6 Å². The molecule has 3 aromatic rings. The van der Waals surface area contributed by atoms with Crippen LogP contribution in [-0.2, 0) is 24.4 Å². The monoisotopic (exact) mass is 405 g/mol. The molecule has 1 saturated carbocycles. The summed E-state index contributed by atoms with van der Waals surface area (Å²) in [6.07, 6.45) is 4.24. The second kappa shape index (κ2) is 10.1. The van der Waals surface area contributed by atoms with Gasteiger partial charge in [-0.25, -0.2) is 0 Å². The molecule has 2 atom stereocenters. The maximum absolute atomic E-state index is 10.6. The van der Waals surface area contributed by atoms with E-state index in [0.717, 1.165) is 25.2 Å².